The molecule has 0 radical (unpaired) electrons. The fraction of sp³-hybridized carbons (Fsp3) is 0.0455. The maximum Gasteiger partial charge on any atom is 0.277 e. The van der Waals surface area contributed by atoms with Crippen molar-refractivity contribution >= 4 is 33.5 Å². The molecule has 0 spiro atoms. The highest BCUT2D eigenvalue weighted by molar-refractivity contribution is 6.09. The molecule has 3 aromatic carbocycles. The average molecular weight is 384 g/mol. The highest BCUT2D eigenvalue weighted by Gasteiger charge is 2.17. The standard InChI is InChI=1S/C22H16N4O3/c1-28-21-11-16-15-9-5-6-10-19(15)29-20(16)12-17(21)24-22(27)18-13-23-26(25-18)14-7-3-2-4-8-14/h2-13H,1H3,(H,24,27). The first-order chi connectivity index (χ1) is 14.2. The number of furan rings is 1. The van der Waals surface area contributed by atoms with Crippen LogP contribution < -0.4 is 10.1 Å². The molecule has 0 unspecified atom stereocenters. The predicted molar refractivity (Wildman–Crippen MR) is 110 cm³/mol. The maximum absolute atomic E-state index is 12.7. The molecule has 7 heteroatoms. The summed E-state index contributed by atoms with van der Waals surface area (Å²) < 4.78 is 11.4. The van der Waals surface area contributed by atoms with E-state index in [9.17, 15) is 4.79 Å². The Balaban J connectivity index is 1.49. The number of rotatable bonds is 4. The SMILES string of the molecule is COc1cc2c(cc1NC(=O)c1cnn(-c3ccccc3)n1)oc1ccccc12. The lowest BCUT2D eigenvalue weighted by molar-refractivity contribution is 0.102. The number of hydrogen-bond donors (Lipinski definition) is 1. The molecule has 0 saturated heterocycles. The number of hydrogen-bond acceptors (Lipinski definition) is 5. The molecule has 5 aromatic rings. The van der Waals surface area contributed by atoms with E-state index in [0.29, 0.717) is 17.0 Å². The molecular weight excluding hydrogens is 368 g/mol. The zero-order chi connectivity index (χ0) is 19.8. The minimum absolute atomic E-state index is 0.195. The summed E-state index contributed by atoms with van der Waals surface area (Å²) in [5.41, 5.74) is 2.90. The van der Waals surface area contributed by atoms with Crippen LogP contribution in [0.2, 0.25) is 0 Å². The molecule has 1 N–H and O–H groups in total. The largest absolute Gasteiger partial charge is 0.495 e. The summed E-state index contributed by atoms with van der Waals surface area (Å²) in [7, 11) is 1.56. The Kier molecular flexibility index (Phi) is 3.98. The third kappa shape index (κ3) is 2.98. The van der Waals surface area contributed by atoms with Crippen molar-refractivity contribution in [3.05, 3.63) is 78.6 Å². The second-order valence-corrected chi connectivity index (χ2v) is 6.46. The monoisotopic (exact) mass is 384 g/mol. The number of methoxy groups -OCH3 is 1. The predicted octanol–water partition coefficient (Wildman–Crippen LogP) is 4.43. The molecule has 7 nitrogen and oxygen atoms in total. The number of amides is 1. The number of fused-ring (bicyclic) bond motifs is 3. The Bertz CT molecular complexity index is 1340. The molecule has 142 valence electrons. The Morgan fingerprint density at radius 1 is 1.00 bits per heavy atom. The molecular formula is C22H16N4O3. The van der Waals surface area contributed by atoms with Gasteiger partial charge in [0.15, 0.2) is 5.69 Å². The van der Waals surface area contributed by atoms with Gasteiger partial charge >= 0.3 is 0 Å². The van der Waals surface area contributed by atoms with Crippen molar-refractivity contribution < 1.29 is 13.9 Å². The highest BCUT2D eigenvalue weighted by atomic mass is 16.5. The molecule has 2 aromatic heterocycles. The van der Waals surface area contributed by atoms with Crippen LogP contribution in [0.1, 0.15) is 10.5 Å². The lowest BCUT2D eigenvalue weighted by atomic mass is 10.1. The van der Waals surface area contributed by atoms with Gasteiger partial charge in [-0.15, -0.1) is 5.10 Å². The van der Waals surface area contributed by atoms with Crippen molar-refractivity contribution in [2.45, 2.75) is 0 Å². The van der Waals surface area contributed by atoms with E-state index in [1.807, 2.05) is 60.7 Å². The lowest BCUT2D eigenvalue weighted by Gasteiger charge is -2.09. The number of anilines is 1. The minimum atomic E-state index is -0.388. The summed E-state index contributed by atoms with van der Waals surface area (Å²) in [4.78, 5) is 14.1. The van der Waals surface area contributed by atoms with E-state index in [2.05, 4.69) is 15.5 Å². The van der Waals surface area contributed by atoms with Gasteiger partial charge in [-0.05, 0) is 24.3 Å². The van der Waals surface area contributed by atoms with Crippen LogP contribution in [0.25, 0.3) is 27.6 Å². The smallest absolute Gasteiger partial charge is 0.277 e. The van der Waals surface area contributed by atoms with Gasteiger partial charge < -0.3 is 14.5 Å². The van der Waals surface area contributed by atoms with E-state index in [4.69, 9.17) is 9.15 Å². The number of para-hydroxylation sites is 2. The molecule has 0 aliphatic rings. The van der Waals surface area contributed by atoms with E-state index in [-0.39, 0.29) is 11.6 Å². The molecule has 0 aliphatic heterocycles. The van der Waals surface area contributed by atoms with Crippen molar-refractivity contribution in [3.63, 3.8) is 0 Å². The van der Waals surface area contributed by atoms with Crippen LogP contribution in [-0.2, 0) is 0 Å². The van der Waals surface area contributed by atoms with Gasteiger partial charge in [0, 0.05) is 16.8 Å². The Morgan fingerprint density at radius 3 is 2.62 bits per heavy atom. The van der Waals surface area contributed by atoms with E-state index in [0.717, 1.165) is 22.0 Å². The van der Waals surface area contributed by atoms with E-state index >= 15 is 0 Å². The van der Waals surface area contributed by atoms with Crippen LogP contribution >= 0.6 is 0 Å². The summed E-state index contributed by atoms with van der Waals surface area (Å²) >= 11 is 0. The fourth-order valence-corrected chi connectivity index (χ4v) is 3.26. The molecule has 0 saturated carbocycles. The van der Waals surface area contributed by atoms with Gasteiger partial charge in [0.2, 0.25) is 0 Å². The Morgan fingerprint density at radius 2 is 1.79 bits per heavy atom. The number of carbonyl (C=O) groups excluding carboxylic acids is 1. The zero-order valence-electron chi connectivity index (χ0n) is 15.5. The number of benzene rings is 3. The lowest BCUT2D eigenvalue weighted by Crippen LogP contribution is -2.14. The van der Waals surface area contributed by atoms with Gasteiger partial charge in [-0.2, -0.15) is 9.90 Å². The second-order valence-electron chi connectivity index (χ2n) is 6.46. The van der Waals surface area contributed by atoms with Gasteiger partial charge in [0.05, 0.1) is 24.7 Å². The second kappa shape index (κ2) is 6.79. The quantitative estimate of drug-likeness (QED) is 0.496. The van der Waals surface area contributed by atoms with Crippen LogP contribution in [-0.4, -0.2) is 28.0 Å². The first-order valence-electron chi connectivity index (χ1n) is 9.01. The van der Waals surface area contributed by atoms with Crippen LogP contribution in [0, 0.1) is 0 Å². The molecule has 0 fully saturated rings. The van der Waals surface area contributed by atoms with Gasteiger partial charge in [0.25, 0.3) is 5.91 Å². The average Bonchev–Trinajstić information content (AvgIpc) is 3.39. The van der Waals surface area contributed by atoms with Crippen molar-refractivity contribution in [3.8, 4) is 11.4 Å². The Hall–Kier alpha value is -4.13. The van der Waals surface area contributed by atoms with Crippen LogP contribution in [0.3, 0.4) is 0 Å². The van der Waals surface area contributed by atoms with Crippen molar-refractivity contribution in [2.75, 3.05) is 12.4 Å². The van der Waals surface area contributed by atoms with E-state index in [1.54, 1.807) is 13.2 Å². The van der Waals surface area contributed by atoms with Crippen LogP contribution in [0.4, 0.5) is 5.69 Å². The van der Waals surface area contributed by atoms with Gasteiger partial charge in [-0.3, -0.25) is 4.79 Å². The summed E-state index contributed by atoms with van der Waals surface area (Å²) in [5, 5.41) is 13.2. The highest BCUT2D eigenvalue weighted by Crippen LogP contribution is 2.36. The summed E-state index contributed by atoms with van der Waals surface area (Å²) in [6, 6.07) is 20.8. The van der Waals surface area contributed by atoms with Gasteiger partial charge in [-0.1, -0.05) is 36.4 Å². The number of nitrogens with one attached hydrogen (secondary N) is 1. The molecule has 0 bridgehead atoms. The molecule has 2 heterocycles. The van der Waals surface area contributed by atoms with Crippen LogP contribution in [0.5, 0.6) is 5.75 Å². The fourth-order valence-electron chi connectivity index (χ4n) is 3.26. The third-order valence-electron chi connectivity index (χ3n) is 4.66. The minimum Gasteiger partial charge on any atom is -0.495 e. The zero-order valence-corrected chi connectivity index (χ0v) is 15.5. The van der Waals surface area contributed by atoms with Gasteiger partial charge in [-0.25, -0.2) is 0 Å². The van der Waals surface area contributed by atoms with Crippen molar-refractivity contribution in [1.29, 1.82) is 0 Å². The molecule has 0 atom stereocenters. The van der Waals surface area contributed by atoms with Crippen LogP contribution in [0.15, 0.2) is 77.3 Å². The number of carbonyl (C=O) groups is 1. The van der Waals surface area contributed by atoms with Crippen molar-refractivity contribution in [1.82, 2.24) is 15.0 Å². The van der Waals surface area contributed by atoms with Gasteiger partial charge in [0.1, 0.15) is 16.9 Å². The summed E-state index contributed by atoms with van der Waals surface area (Å²) in [6.07, 6.45) is 1.43. The van der Waals surface area contributed by atoms with E-state index < -0.39 is 0 Å². The molecule has 1 amide bonds. The maximum atomic E-state index is 12.7. The Labute approximate surface area is 165 Å². The first-order valence-corrected chi connectivity index (χ1v) is 9.01. The number of aromatic nitrogens is 3. The molecule has 5 rings (SSSR count). The number of ether oxygens (including phenoxy) is 1. The van der Waals surface area contributed by atoms with E-state index in [1.165, 1.54) is 11.0 Å². The van der Waals surface area contributed by atoms with Crippen molar-refractivity contribution in [2.24, 2.45) is 0 Å². The molecule has 29 heavy (non-hydrogen) atoms. The number of nitrogens with zero attached hydrogens (tertiary/aromatic N) is 3. The normalized spacial score (nSPS) is 11.1. The third-order valence-corrected chi connectivity index (χ3v) is 4.66. The first kappa shape index (κ1) is 17.0. The topological polar surface area (TPSA) is 82.2 Å². The molecule has 0 aliphatic carbocycles. The summed E-state index contributed by atoms with van der Waals surface area (Å²) in [6.45, 7) is 0. The summed E-state index contributed by atoms with van der Waals surface area (Å²) in [5.74, 6) is 0.147.